The van der Waals surface area contributed by atoms with E-state index in [0.717, 1.165) is 4.57 Å². The number of aryl methyl sites for hydroxylation is 1. The Kier molecular flexibility index (Phi) is 5.73. The average molecular weight is 455 g/mol. The number of hydrogen-bond acceptors (Lipinski definition) is 9. The van der Waals surface area contributed by atoms with Crippen molar-refractivity contribution in [1.29, 1.82) is 0 Å². The number of nitrogens with zero attached hydrogens (tertiary/aromatic N) is 5. The maximum Gasteiger partial charge on any atom is 0.332 e. The second kappa shape index (κ2) is 8.65. The molecule has 3 aromatic heterocycles. The van der Waals surface area contributed by atoms with Crippen molar-refractivity contribution in [1.82, 2.24) is 23.8 Å². The number of imidazole rings is 1. The van der Waals surface area contributed by atoms with Gasteiger partial charge < -0.3 is 23.3 Å². The smallest absolute Gasteiger partial charge is 0.332 e. The van der Waals surface area contributed by atoms with Crippen LogP contribution in [0.5, 0.6) is 11.5 Å². The molecule has 4 rings (SSSR count). The minimum atomic E-state index is -0.610. The van der Waals surface area contributed by atoms with E-state index in [0.29, 0.717) is 28.5 Å². The van der Waals surface area contributed by atoms with Gasteiger partial charge in [-0.3, -0.25) is 18.7 Å². The van der Waals surface area contributed by atoms with E-state index in [1.165, 1.54) is 36.7 Å². The first-order valence-corrected chi connectivity index (χ1v) is 9.78. The molecule has 1 aromatic carbocycles. The zero-order valence-electron chi connectivity index (χ0n) is 18.4. The molecule has 0 N–H and O–H groups in total. The van der Waals surface area contributed by atoms with Gasteiger partial charge in [-0.25, -0.2) is 9.78 Å². The maximum absolute atomic E-state index is 12.5. The Morgan fingerprint density at radius 1 is 1.06 bits per heavy atom. The number of rotatable bonds is 7. The zero-order chi connectivity index (χ0) is 23.7. The molecule has 0 amide bonds. The van der Waals surface area contributed by atoms with Gasteiger partial charge in [-0.15, -0.1) is 0 Å². The molecule has 0 saturated heterocycles. The van der Waals surface area contributed by atoms with Gasteiger partial charge in [0.1, 0.15) is 18.8 Å². The van der Waals surface area contributed by atoms with Crippen LogP contribution in [0.1, 0.15) is 5.69 Å². The fourth-order valence-electron chi connectivity index (χ4n) is 3.36. The van der Waals surface area contributed by atoms with E-state index in [2.05, 4.69) is 10.1 Å². The number of fused-ring (bicyclic) bond motifs is 1. The minimum absolute atomic E-state index is 0.126. The number of esters is 1. The predicted octanol–water partition coefficient (Wildman–Crippen LogP) is 0.849. The lowest BCUT2D eigenvalue weighted by atomic mass is 10.1. The van der Waals surface area contributed by atoms with Crippen molar-refractivity contribution in [3.8, 4) is 22.8 Å². The molecule has 0 spiro atoms. The third kappa shape index (κ3) is 3.97. The summed E-state index contributed by atoms with van der Waals surface area (Å²) in [6, 6.07) is 6.92. The van der Waals surface area contributed by atoms with Crippen LogP contribution >= 0.6 is 0 Å². The molecule has 33 heavy (non-hydrogen) atoms. The van der Waals surface area contributed by atoms with E-state index < -0.39 is 17.2 Å². The molecule has 0 bridgehead atoms. The summed E-state index contributed by atoms with van der Waals surface area (Å²) in [7, 11) is 5.94. The SMILES string of the molecule is COc1ccc(-c2cc(COC(=O)Cn3cnc4c3c(=O)n(C)c(=O)n4C)no2)cc1OC. The lowest BCUT2D eigenvalue weighted by Gasteiger charge is -2.07. The Labute approximate surface area is 186 Å². The zero-order valence-corrected chi connectivity index (χ0v) is 18.4. The summed E-state index contributed by atoms with van der Waals surface area (Å²) < 4.78 is 24.7. The monoisotopic (exact) mass is 455 g/mol. The maximum atomic E-state index is 12.5. The highest BCUT2D eigenvalue weighted by molar-refractivity contribution is 5.75. The Bertz CT molecular complexity index is 1460. The van der Waals surface area contributed by atoms with Crippen molar-refractivity contribution in [3.63, 3.8) is 0 Å². The Morgan fingerprint density at radius 3 is 2.55 bits per heavy atom. The van der Waals surface area contributed by atoms with E-state index in [9.17, 15) is 14.4 Å². The van der Waals surface area contributed by atoms with Gasteiger partial charge in [0.2, 0.25) is 0 Å². The highest BCUT2D eigenvalue weighted by Gasteiger charge is 2.17. The summed E-state index contributed by atoms with van der Waals surface area (Å²) >= 11 is 0. The van der Waals surface area contributed by atoms with E-state index in [1.807, 2.05) is 0 Å². The van der Waals surface area contributed by atoms with Gasteiger partial charge in [0.15, 0.2) is 28.4 Å². The number of ether oxygens (including phenoxy) is 3. The topological polar surface area (TPSA) is 133 Å². The molecule has 0 fully saturated rings. The molecule has 0 radical (unpaired) electrons. The van der Waals surface area contributed by atoms with E-state index in [1.54, 1.807) is 31.4 Å². The van der Waals surface area contributed by atoms with Crippen molar-refractivity contribution in [3.05, 3.63) is 57.1 Å². The standard InChI is InChI=1S/C21H21N5O7/c1-24-19-18(20(28)25(2)21(24)29)26(11-22-19)9-17(27)32-10-13-8-15(33-23-13)12-5-6-14(30-3)16(7-12)31-4/h5-8,11H,9-10H2,1-4H3. The van der Waals surface area contributed by atoms with Crippen LogP contribution in [-0.4, -0.2) is 44.0 Å². The van der Waals surface area contributed by atoms with Crippen LogP contribution in [0.3, 0.4) is 0 Å². The third-order valence-electron chi connectivity index (χ3n) is 5.12. The first-order chi connectivity index (χ1) is 15.8. The molecule has 172 valence electrons. The number of aromatic nitrogens is 5. The van der Waals surface area contributed by atoms with Crippen LogP contribution in [0, 0.1) is 0 Å². The second-order valence-corrected chi connectivity index (χ2v) is 7.16. The molecular weight excluding hydrogens is 434 g/mol. The molecule has 3 heterocycles. The number of methoxy groups -OCH3 is 2. The van der Waals surface area contributed by atoms with Gasteiger partial charge in [-0.2, -0.15) is 0 Å². The molecule has 0 saturated carbocycles. The van der Waals surface area contributed by atoms with E-state index in [4.69, 9.17) is 18.7 Å². The van der Waals surface area contributed by atoms with Crippen LogP contribution in [0.15, 0.2) is 44.7 Å². The van der Waals surface area contributed by atoms with Gasteiger partial charge in [-0.05, 0) is 18.2 Å². The molecule has 4 aromatic rings. The molecular formula is C21H21N5O7. The van der Waals surface area contributed by atoms with Crippen molar-refractivity contribution >= 4 is 17.1 Å². The lowest BCUT2D eigenvalue weighted by molar-refractivity contribution is -0.145. The van der Waals surface area contributed by atoms with E-state index >= 15 is 0 Å². The number of benzene rings is 1. The molecule has 0 aliphatic rings. The third-order valence-corrected chi connectivity index (χ3v) is 5.12. The Hall–Kier alpha value is -4.35. The summed E-state index contributed by atoms with van der Waals surface area (Å²) in [4.78, 5) is 40.9. The molecule has 0 aliphatic heterocycles. The Balaban J connectivity index is 1.46. The minimum Gasteiger partial charge on any atom is -0.493 e. The second-order valence-electron chi connectivity index (χ2n) is 7.16. The molecule has 12 heteroatoms. The first-order valence-electron chi connectivity index (χ1n) is 9.78. The van der Waals surface area contributed by atoms with Crippen LogP contribution in [-0.2, 0) is 36.8 Å². The Morgan fingerprint density at radius 2 is 1.82 bits per heavy atom. The van der Waals surface area contributed by atoms with Gasteiger partial charge in [-0.1, -0.05) is 5.16 Å². The van der Waals surface area contributed by atoms with Crippen molar-refractivity contribution in [2.75, 3.05) is 14.2 Å². The highest BCUT2D eigenvalue weighted by atomic mass is 16.5. The molecule has 12 nitrogen and oxygen atoms in total. The summed E-state index contributed by atoms with van der Waals surface area (Å²) in [5, 5.41) is 3.92. The summed E-state index contributed by atoms with van der Waals surface area (Å²) in [6.45, 7) is -0.386. The van der Waals surface area contributed by atoms with E-state index in [-0.39, 0.29) is 24.3 Å². The van der Waals surface area contributed by atoms with Crippen LogP contribution in [0.4, 0.5) is 0 Å². The van der Waals surface area contributed by atoms with Gasteiger partial charge in [0, 0.05) is 25.7 Å². The molecule has 0 atom stereocenters. The number of carbonyl (C=O) groups is 1. The van der Waals surface area contributed by atoms with Gasteiger partial charge in [0.25, 0.3) is 5.56 Å². The number of carbonyl (C=O) groups excluding carboxylic acids is 1. The molecule has 0 aliphatic carbocycles. The number of hydrogen-bond donors (Lipinski definition) is 0. The average Bonchev–Trinajstić information content (AvgIpc) is 3.47. The van der Waals surface area contributed by atoms with Crippen LogP contribution in [0.2, 0.25) is 0 Å². The quantitative estimate of drug-likeness (QED) is 0.372. The van der Waals surface area contributed by atoms with Crippen LogP contribution < -0.4 is 20.7 Å². The van der Waals surface area contributed by atoms with Crippen molar-refractivity contribution in [2.45, 2.75) is 13.2 Å². The summed E-state index contributed by atoms with van der Waals surface area (Å²) in [6.07, 6.45) is 1.32. The lowest BCUT2D eigenvalue weighted by Crippen LogP contribution is -2.37. The summed E-state index contributed by atoms with van der Waals surface area (Å²) in [5.74, 6) is 0.973. The highest BCUT2D eigenvalue weighted by Crippen LogP contribution is 2.32. The van der Waals surface area contributed by atoms with Crippen LogP contribution in [0.25, 0.3) is 22.5 Å². The predicted molar refractivity (Wildman–Crippen MR) is 115 cm³/mol. The normalized spacial score (nSPS) is 11.0. The van der Waals surface area contributed by atoms with Crippen molar-refractivity contribution < 1.29 is 23.5 Å². The summed E-state index contributed by atoms with van der Waals surface area (Å²) in [5.41, 5.74) is 0.387. The van der Waals surface area contributed by atoms with Gasteiger partial charge in [0.05, 0.1) is 20.5 Å². The van der Waals surface area contributed by atoms with Gasteiger partial charge >= 0.3 is 11.7 Å². The largest absolute Gasteiger partial charge is 0.493 e. The fraction of sp³-hybridized carbons (Fsp3) is 0.286. The van der Waals surface area contributed by atoms with Crippen molar-refractivity contribution in [2.24, 2.45) is 14.1 Å². The fourth-order valence-corrected chi connectivity index (χ4v) is 3.36. The first kappa shape index (κ1) is 21.9. The molecule has 0 unspecified atom stereocenters.